The van der Waals surface area contributed by atoms with E-state index in [4.69, 9.17) is 5.73 Å². The molecule has 90 valence electrons. The predicted octanol–water partition coefficient (Wildman–Crippen LogP) is 1.61. The molecule has 1 aromatic rings. The monoisotopic (exact) mass is 248 g/mol. The van der Waals surface area contributed by atoms with Crippen molar-refractivity contribution in [2.45, 2.75) is 6.92 Å². The molecule has 0 heterocycles. The number of carbonyl (C=O) groups is 1. The number of hydrogen-bond donors (Lipinski definition) is 2. The average molecular weight is 248 g/mol. The van der Waals surface area contributed by atoms with Gasteiger partial charge in [-0.05, 0) is 36.9 Å². The number of thioether (sulfide) groups is 1. The van der Waals surface area contributed by atoms with Crippen LogP contribution in [0.5, 0.6) is 0 Å². The zero-order valence-electron chi connectivity index (χ0n) is 10.0. The lowest BCUT2D eigenvalue weighted by Crippen LogP contribution is -2.13. The molecule has 0 saturated carbocycles. The fraction of sp³-hybridized carbons (Fsp3) is 0.308. The molecular formula is C13H16N2OS. The Hall–Kier alpha value is -1.44. The second kappa shape index (κ2) is 7.00. The minimum Gasteiger partial charge on any atom is -0.325 e. The van der Waals surface area contributed by atoms with Gasteiger partial charge in [-0.2, -0.15) is 11.8 Å². The highest BCUT2D eigenvalue weighted by atomic mass is 32.2. The van der Waals surface area contributed by atoms with Crippen LogP contribution in [0.3, 0.4) is 0 Å². The number of aryl methyl sites for hydroxylation is 1. The van der Waals surface area contributed by atoms with Crippen molar-refractivity contribution in [3.05, 3.63) is 29.3 Å². The van der Waals surface area contributed by atoms with E-state index in [-0.39, 0.29) is 5.91 Å². The lowest BCUT2D eigenvalue weighted by Gasteiger charge is -2.06. The number of amides is 1. The van der Waals surface area contributed by atoms with Gasteiger partial charge in [0.05, 0.1) is 12.3 Å². The second-order valence-corrected chi connectivity index (χ2v) is 4.44. The van der Waals surface area contributed by atoms with Gasteiger partial charge < -0.3 is 11.1 Å². The maximum atomic E-state index is 11.5. The molecule has 0 fully saturated rings. The Bertz CT molecular complexity index is 460. The molecule has 0 aliphatic rings. The smallest absolute Gasteiger partial charge is 0.234 e. The number of hydrogen-bond acceptors (Lipinski definition) is 3. The summed E-state index contributed by atoms with van der Waals surface area (Å²) in [4.78, 5) is 11.5. The first kappa shape index (κ1) is 13.6. The van der Waals surface area contributed by atoms with Gasteiger partial charge in [-0.15, -0.1) is 0 Å². The van der Waals surface area contributed by atoms with Gasteiger partial charge in [0, 0.05) is 11.3 Å². The van der Waals surface area contributed by atoms with E-state index in [0.29, 0.717) is 12.3 Å². The molecule has 3 N–H and O–H groups in total. The van der Waals surface area contributed by atoms with Crippen molar-refractivity contribution in [3.8, 4) is 11.8 Å². The first-order valence-electron chi connectivity index (χ1n) is 5.25. The molecule has 0 saturated heterocycles. The molecular weight excluding hydrogens is 232 g/mol. The van der Waals surface area contributed by atoms with Gasteiger partial charge in [-0.3, -0.25) is 4.79 Å². The van der Waals surface area contributed by atoms with Crippen LogP contribution in [0.1, 0.15) is 11.1 Å². The van der Waals surface area contributed by atoms with Crippen LogP contribution in [-0.2, 0) is 4.79 Å². The highest BCUT2D eigenvalue weighted by Crippen LogP contribution is 2.14. The van der Waals surface area contributed by atoms with Crippen LogP contribution in [0.4, 0.5) is 5.69 Å². The zero-order valence-corrected chi connectivity index (χ0v) is 10.9. The van der Waals surface area contributed by atoms with Gasteiger partial charge in [0.1, 0.15) is 0 Å². The highest BCUT2D eigenvalue weighted by Gasteiger charge is 2.02. The van der Waals surface area contributed by atoms with E-state index in [9.17, 15) is 4.79 Å². The fourth-order valence-electron chi connectivity index (χ4n) is 1.41. The Morgan fingerprint density at radius 2 is 2.24 bits per heavy atom. The van der Waals surface area contributed by atoms with Crippen molar-refractivity contribution >= 4 is 23.4 Å². The molecule has 1 amide bonds. The predicted molar refractivity (Wildman–Crippen MR) is 74.1 cm³/mol. The molecule has 0 aromatic heterocycles. The van der Waals surface area contributed by atoms with E-state index in [1.54, 1.807) is 0 Å². The standard InChI is InChI=1S/C13H16N2OS/c1-10-6-11(4-3-5-14)8-12(7-10)15-13(16)9-17-2/h6-8H,5,9,14H2,1-2H3,(H,15,16). The van der Waals surface area contributed by atoms with Crippen LogP contribution in [-0.4, -0.2) is 24.5 Å². The SMILES string of the molecule is CSCC(=O)Nc1cc(C)cc(C#CCN)c1. The molecule has 0 radical (unpaired) electrons. The average Bonchev–Trinajstić information content (AvgIpc) is 2.25. The molecule has 17 heavy (non-hydrogen) atoms. The summed E-state index contributed by atoms with van der Waals surface area (Å²) in [5.41, 5.74) is 8.04. The Kier molecular flexibility index (Phi) is 5.61. The van der Waals surface area contributed by atoms with E-state index < -0.39 is 0 Å². The van der Waals surface area contributed by atoms with Crippen LogP contribution in [0, 0.1) is 18.8 Å². The maximum absolute atomic E-state index is 11.5. The lowest BCUT2D eigenvalue weighted by atomic mass is 10.1. The quantitative estimate of drug-likeness (QED) is 0.799. The molecule has 0 spiro atoms. The largest absolute Gasteiger partial charge is 0.325 e. The van der Waals surface area contributed by atoms with Crippen molar-refractivity contribution < 1.29 is 4.79 Å². The van der Waals surface area contributed by atoms with E-state index >= 15 is 0 Å². The Labute approximate surface area is 106 Å². The number of anilines is 1. The second-order valence-electron chi connectivity index (χ2n) is 3.57. The van der Waals surface area contributed by atoms with Gasteiger partial charge >= 0.3 is 0 Å². The third kappa shape index (κ3) is 4.94. The summed E-state index contributed by atoms with van der Waals surface area (Å²) in [6.07, 6.45) is 1.90. The molecule has 0 atom stereocenters. The van der Waals surface area contributed by atoms with Crippen LogP contribution in [0.15, 0.2) is 18.2 Å². The van der Waals surface area contributed by atoms with Gasteiger partial charge in [0.15, 0.2) is 0 Å². The summed E-state index contributed by atoms with van der Waals surface area (Å²) in [6, 6.07) is 5.74. The highest BCUT2D eigenvalue weighted by molar-refractivity contribution is 7.99. The van der Waals surface area contributed by atoms with E-state index in [0.717, 1.165) is 16.8 Å². The molecule has 4 heteroatoms. The van der Waals surface area contributed by atoms with Crippen molar-refractivity contribution in [1.29, 1.82) is 0 Å². The minimum absolute atomic E-state index is 0.000772. The van der Waals surface area contributed by atoms with E-state index in [2.05, 4.69) is 17.2 Å². The van der Waals surface area contributed by atoms with Crippen molar-refractivity contribution in [2.75, 3.05) is 23.9 Å². The van der Waals surface area contributed by atoms with Gasteiger partial charge in [-0.1, -0.05) is 11.8 Å². The summed E-state index contributed by atoms with van der Waals surface area (Å²) >= 11 is 1.49. The van der Waals surface area contributed by atoms with Gasteiger partial charge in [-0.25, -0.2) is 0 Å². The van der Waals surface area contributed by atoms with Crippen molar-refractivity contribution in [2.24, 2.45) is 5.73 Å². The zero-order chi connectivity index (χ0) is 12.7. The first-order chi connectivity index (χ1) is 8.15. The number of rotatable bonds is 3. The molecule has 0 unspecified atom stereocenters. The van der Waals surface area contributed by atoms with Gasteiger partial charge in [0.2, 0.25) is 5.91 Å². The normalized spacial score (nSPS) is 9.35. The number of nitrogens with one attached hydrogen (secondary N) is 1. The number of nitrogens with two attached hydrogens (primary N) is 1. The van der Waals surface area contributed by atoms with Crippen molar-refractivity contribution in [1.82, 2.24) is 0 Å². The summed E-state index contributed by atoms with van der Waals surface area (Å²) in [5, 5.41) is 2.84. The molecule has 1 aromatic carbocycles. The van der Waals surface area contributed by atoms with Crippen LogP contribution < -0.4 is 11.1 Å². The number of carbonyl (C=O) groups excluding carboxylic acids is 1. The molecule has 0 bridgehead atoms. The Morgan fingerprint density at radius 1 is 1.47 bits per heavy atom. The van der Waals surface area contributed by atoms with E-state index in [1.807, 2.05) is 31.4 Å². The Balaban J connectivity index is 2.85. The first-order valence-corrected chi connectivity index (χ1v) is 6.64. The lowest BCUT2D eigenvalue weighted by molar-refractivity contribution is -0.113. The third-order valence-corrected chi connectivity index (χ3v) is 2.52. The molecule has 1 rings (SSSR count). The summed E-state index contributed by atoms with van der Waals surface area (Å²) in [6.45, 7) is 2.31. The fourth-order valence-corrected chi connectivity index (χ4v) is 1.74. The Morgan fingerprint density at radius 3 is 2.88 bits per heavy atom. The van der Waals surface area contributed by atoms with Gasteiger partial charge in [0.25, 0.3) is 0 Å². The summed E-state index contributed by atoms with van der Waals surface area (Å²) in [7, 11) is 0. The van der Waals surface area contributed by atoms with E-state index in [1.165, 1.54) is 11.8 Å². The summed E-state index contributed by atoms with van der Waals surface area (Å²) in [5.74, 6) is 6.21. The third-order valence-electron chi connectivity index (χ3n) is 1.97. The maximum Gasteiger partial charge on any atom is 0.234 e. The molecule has 0 aliphatic carbocycles. The van der Waals surface area contributed by atoms with Crippen LogP contribution >= 0.6 is 11.8 Å². The van der Waals surface area contributed by atoms with Crippen molar-refractivity contribution in [3.63, 3.8) is 0 Å². The van der Waals surface area contributed by atoms with Crippen LogP contribution in [0.25, 0.3) is 0 Å². The minimum atomic E-state index is 0.000772. The summed E-state index contributed by atoms with van der Waals surface area (Å²) < 4.78 is 0. The molecule has 0 aliphatic heterocycles. The number of benzene rings is 1. The van der Waals surface area contributed by atoms with Crippen LogP contribution in [0.2, 0.25) is 0 Å². The molecule has 3 nitrogen and oxygen atoms in total. The topological polar surface area (TPSA) is 55.1 Å².